The lowest BCUT2D eigenvalue weighted by molar-refractivity contribution is -0.121. The third-order valence-corrected chi connectivity index (χ3v) is 5.64. The zero-order valence-corrected chi connectivity index (χ0v) is 25.9. The molecule has 0 fully saturated rings. The summed E-state index contributed by atoms with van der Waals surface area (Å²) < 4.78 is 48.9. The number of hydrogen-bond donors (Lipinski definition) is 0. The molecule has 244 valence electrons. The second-order valence-corrected chi connectivity index (χ2v) is 9.30. The molecule has 0 aromatic carbocycles. The van der Waals surface area contributed by atoms with Crippen LogP contribution in [0.4, 0.5) is 0 Å². The van der Waals surface area contributed by atoms with Gasteiger partial charge < -0.3 is 42.6 Å². The lowest BCUT2D eigenvalue weighted by atomic mass is 10.1. The number of rotatable bonds is 36. The summed E-state index contributed by atoms with van der Waals surface area (Å²) in [5.41, 5.74) is 0. The standard InChI is InChI=1S/C30H58O11/c1-3-5-7-29(31)9-11-33-13-15-35-17-19-37-21-23-39-25-27-41-28-26-40-24-22-38-20-18-36-16-14-34-12-10-30(32)8-6-4-2/h3-28H2,1-2H3. The van der Waals surface area contributed by atoms with E-state index < -0.39 is 0 Å². The summed E-state index contributed by atoms with van der Waals surface area (Å²) in [5.74, 6) is 0.533. The van der Waals surface area contributed by atoms with Gasteiger partial charge in [-0.3, -0.25) is 9.59 Å². The highest BCUT2D eigenvalue weighted by Crippen LogP contribution is 1.99. The van der Waals surface area contributed by atoms with Crippen LogP contribution in [0.2, 0.25) is 0 Å². The molecule has 0 saturated heterocycles. The van der Waals surface area contributed by atoms with Crippen LogP contribution in [0.15, 0.2) is 0 Å². The van der Waals surface area contributed by atoms with Gasteiger partial charge in [0.2, 0.25) is 0 Å². The van der Waals surface area contributed by atoms with Gasteiger partial charge in [-0.2, -0.15) is 0 Å². The highest BCUT2D eigenvalue weighted by molar-refractivity contribution is 5.78. The van der Waals surface area contributed by atoms with Crippen molar-refractivity contribution in [3.8, 4) is 0 Å². The van der Waals surface area contributed by atoms with Gasteiger partial charge >= 0.3 is 0 Å². The minimum absolute atomic E-state index is 0.267. The molecule has 0 heterocycles. The maximum absolute atomic E-state index is 11.5. The lowest BCUT2D eigenvalue weighted by Crippen LogP contribution is -2.15. The first kappa shape index (κ1) is 40.0. The van der Waals surface area contributed by atoms with Gasteiger partial charge in [-0.25, -0.2) is 0 Å². The molecule has 0 amide bonds. The Morgan fingerprint density at radius 1 is 0.317 bits per heavy atom. The Bertz CT molecular complexity index is 503. The Kier molecular flexibility index (Phi) is 34.3. The number of unbranched alkanes of at least 4 members (excludes halogenated alkanes) is 2. The molecule has 0 saturated carbocycles. The van der Waals surface area contributed by atoms with Crippen LogP contribution in [0, 0.1) is 0 Å². The third kappa shape index (κ3) is 35.1. The van der Waals surface area contributed by atoms with Gasteiger partial charge in [0.05, 0.1) is 119 Å². The van der Waals surface area contributed by atoms with E-state index in [4.69, 9.17) is 42.6 Å². The molecule has 0 spiro atoms. The predicted molar refractivity (Wildman–Crippen MR) is 156 cm³/mol. The van der Waals surface area contributed by atoms with Crippen molar-refractivity contribution in [3.63, 3.8) is 0 Å². The minimum Gasteiger partial charge on any atom is -0.379 e. The molecule has 0 rings (SSSR count). The van der Waals surface area contributed by atoms with Crippen LogP contribution in [0.3, 0.4) is 0 Å². The smallest absolute Gasteiger partial charge is 0.135 e. The fourth-order valence-corrected chi connectivity index (χ4v) is 3.23. The molecule has 11 heteroatoms. The zero-order valence-electron chi connectivity index (χ0n) is 25.9. The van der Waals surface area contributed by atoms with E-state index in [0.29, 0.717) is 145 Å². The van der Waals surface area contributed by atoms with E-state index in [1.165, 1.54) is 0 Å². The van der Waals surface area contributed by atoms with E-state index in [-0.39, 0.29) is 11.6 Å². The molecular formula is C30H58O11. The van der Waals surface area contributed by atoms with Crippen molar-refractivity contribution < 1.29 is 52.2 Å². The number of carbonyl (C=O) groups excluding carboxylic acids is 2. The molecule has 41 heavy (non-hydrogen) atoms. The molecule has 0 aromatic rings. The maximum atomic E-state index is 11.5. The molecule has 0 aliphatic rings. The zero-order chi connectivity index (χ0) is 29.9. The summed E-state index contributed by atoms with van der Waals surface area (Å²) in [6.45, 7) is 13.1. The summed E-state index contributed by atoms with van der Waals surface area (Å²) >= 11 is 0. The number of ketones is 2. The highest BCUT2D eigenvalue weighted by atomic mass is 16.6. The fraction of sp³-hybridized carbons (Fsp3) is 0.933. The van der Waals surface area contributed by atoms with Gasteiger partial charge in [-0.15, -0.1) is 0 Å². The van der Waals surface area contributed by atoms with Crippen LogP contribution in [-0.4, -0.2) is 130 Å². The first-order valence-electron chi connectivity index (χ1n) is 15.4. The highest BCUT2D eigenvalue weighted by Gasteiger charge is 2.02. The summed E-state index contributed by atoms with van der Waals surface area (Å²) in [7, 11) is 0. The van der Waals surface area contributed by atoms with Gasteiger partial charge in [-0.05, 0) is 12.8 Å². The first-order valence-corrected chi connectivity index (χ1v) is 15.4. The minimum atomic E-state index is 0.267. The number of ether oxygens (including phenoxy) is 9. The Morgan fingerprint density at radius 3 is 0.707 bits per heavy atom. The van der Waals surface area contributed by atoms with E-state index in [0.717, 1.165) is 25.7 Å². The van der Waals surface area contributed by atoms with Crippen LogP contribution in [0.5, 0.6) is 0 Å². The van der Waals surface area contributed by atoms with E-state index in [1.807, 2.05) is 0 Å². The average Bonchev–Trinajstić information content (AvgIpc) is 2.98. The monoisotopic (exact) mass is 594 g/mol. The van der Waals surface area contributed by atoms with E-state index in [2.05, 4.69) is 13.8 Å². The van der Waals surface area contributed by atoms with Crippen molar-refractivity contribution in [2.24, 2.45) is 0 Å². The van der Waals surface area contributed by atoms with Gasteiger partial charge in [0.1, 0.15) is 11.6 Å². The molecule has 0 radical (unpaired) electrons. The van der Waals surface area contributed by atoms with E-state index in [1.54, 1.807) is 0 Å². The first-order chi connectivity index (χ1) is 20.2. The molecule has 0 aliphatic heterocycles. The second kappa shape index (κ2) is 35.2. The van der Waals surface area contributed by atoms with Crippen molar-refractivity contribution in [3.05, 3.63) is 0 Å². The summed E-state index contributed by atoms with van der Waals surface area (Å²) in [6.07, 6.45) is 6.27. The Hall–Kier alpha value is -1.02. The fourth-order valence-electron chi connectivity index (χ4n) is 3.23. The largest absolute Gasteiger partial charge is 0.379 e. The normalized spacial score (nSPS) is 11.4. The molecule has 0 unspecified atom stereocenters. The SMILES string of the molecule is CCCCC(=O)CCOCCOCCOCCOCCOCCOCCOCCOCCOCCC(=O)CCCC. The topological polar surface area (TPSA) is 117 Å². The number of Topliss-reactive ketones (excluding diaryl/α,β-unsaturated/α-hetero) is 2. The average molecular weight is 595 g/mol. The molecular weight excluding hydrogens is 536 g/mol. The molecule has 0 aliphatic carbocycles. The van der Waals surface area contributed by atoms with Crippen molar-refractivity contribution >= 4 is 11.6 Å². The van der Waals surface area contributed by atoms with Crippen molar-refractivity contribution in [1.82, 2.24) is 0 Å². The summed E-state index contributed by atoms with van der Waals surface area (Å²) in [4.78, 5) is 23.0. The van der Waals surface area contributed by atoms with Crippen LogP contribution in [-0.2, 0) is 52.2 Å². The van der Waals surface area contributed by atoms with Crippen molar-refractivity contribution in [2.75, 3.05) is 119 Å². The van der Waals surface area contributed by atoms with Crippen molar-refractivity contribution in [2.45, 2.75) is 65.2 Å². The van der Waals surface area contributed by atoms with Gasteiger partial charge in [0.15, 0.2) is 0 Å². The van der Waals surface area contributed by atoms with Gasteiger partial charge in [0.25, 0.3) is 0 Å². The molecule has 0 N–H and O–H groups in total. The van der Waals surface area contributed by atoms with Gasteiger partial charge in [-0.1, -0.05) is 26.7 Å². The van der Waals surface area contributed by atoms with Crippen LogP contribution in [0.25, 0.3) is 0 Å². The molecule has 0 bridgehead atoms. The third-order valence-electron chi connectivity index (χ3n) is 5.64. The van der Waals surface area contributed by atoms with Crippen LogP contribution >= 0.6 is 0 Å². The van der Waals surface area contributed by atoms with Crippen molar-refractivity contribution in [1.29, 1.82) is 0 Å². The maximum Gasteiger partial charge on any atom is 0.135 e. The number of carbonyl (C=O) groups is 2. The van der Waals surface area contributed by atoms with Gasteiger partial charge in [0, 0.05) is 25.7 Å². The molecule has 11 nitrogen and oxygen atoms in total. The van der Waals surface area contributed by atoms with Crippen LogP contribution in [0.1, 0.15) is 65.2 Å². The van der Waals surface area contributed by atoms with E-state index in [9.17, 15) is 9.59 Å². The quantitative estimate of drug-likeness (QED) is 0.0993. The Morgan fingerprint density at radius 2 is 0.512 bits per heavy atom. The molecule has 0 atom stereocenters. The summed E-state index contributed by atoms with van der Waals surface area (Å²) in [5, 5.41) is 0. The number of hydrogen-bond acceptors (Lipinski definition) is 11. The molecule has 0 aromatic heterocycles. The Labute approximate surface area is 248 Å². The second-order valence-electron chi connectivity index (χ2n) is 9.30. The lowest BCUT2D eigenvalue weighted by Gasteiger charge is -2.09. The van der Waals surface area contributed by atoms with E-state index >= 15 is 0 Å². The summed E-state index contributed by atoms with van der Waals surface area (Å²) in [6, 6.07) is 0. The van der Waals surface area contributed by atoms with Crippen LogP contribution < -0.4 is 0 Å². The Balaban J connectivity index is 3.09. The predicted octanol–water partition coefficient (Wildman–Crippen LogP) is 3.43.